The number of carbonyl (C=O) groups excluding carboxylic acids is 1. The van der Waals surface area contributed by atoms with Gasteiger partial charge in [-0.1, -0.05) is 12.1 Å². The van der Waals surface area contributed by atoms with Crippen molar-refractivity contribution >= 4 is 42.4 Å². The molecule has 35 heavy (non-hydrogen) atoms. The van der Waals surface area contributed by atoms with Crippen LogP contribution < -0.4 is 10.0 Å². The molecule has 1 amide bonds. The van der Waals surface area contributed by atoms with Gasteiger partial charge in [-0.25, -0.2) is 15.0 Å². The number of aromatic nitrogens is 2. The van der Waals surface area contributed by atoms with E-state index in [9.17, 15) is 4.79 Å². The van der Waals surface area contributed by atoms with E-state index in [1.807, 2.05) is 31.2 Å². The second-order valence-electron chi connectivity index (χ2n) is 7.84. The summed E-state index contributed by atoms with van der Waals surface area (Å²) in [4.78, 5) is 29.9. The number of anilines is 2. The number of rotatable bonds is 15. The first-order chi connectivity index (χ1) is 17.1. The SMILES string of the molecule is C=N/C(=C\N=C/Cc1ccc(NC(=O)C(CCOC)c2ccnc(NSC3CC3)n2)cc1)OCC. The van der Waals surface area contributed by atoms with Gasteiger partial charge in [0.2, 0.25) is 17.7 Å². The monoisotopic (exact) mass is 496 g/mol. The van der Waals surface area contributed by atoms with Crippen molar-refractivity contribution in [3.63, 3.8) is 0 Å². The Morgan fingerprint density at radius 2 is 2.11 bits per heavy atom. The molecule has 0 radical (unpaired) electrons. The first kappa shape index (κ1) is 26.4. The second-order valence-corrected chi connectivity index (χ2v) is 8.95. The fraction of sp³-hybridized carbons (Fsp3) is 0.400. The number of aliphatic imine (C=N–C) groups is 2. The molecule has 1 aliphatic carbocycles. The van der Waals surface area contributed by atoms with Gasteiger partial charge in [-0.05, 0) is 68.6 Å². The minimum atomic E-state index is -0.457. The Morgan fingerprint density at radius 1 is 1.31 bits per heavy atom. The fourth-order valence-corrected chi connectivity index (χ4v) is 3.83. The van der Waals surface area contributed by atoms with Crippen molar-refractivity contribution in [1.82, 2.24) is 9.97 Å². The maximum Gasteiger partial charge on any atom is 0.233 e. The quantitative estimate of drug-likeness (QED) is 0.210. The van der Waals surface area contributed by atoms with Crippen LogP contribution in [0.3, 0.4) is 0 Å². The van der Waals surface area contributed by atoms with Crippen molar-refractivity contribution in [2.75, 3.05) is 30.4 Å². The second kappa shape index (κ2) is 14.2. The number of methoxy groups -OCH3 is 1. The van der Waals surface area contributed by atoms with Crippen LogP contribution in [-0.2, 0) is 20.7 Å². The lowest BCUT2D eigenvalue weighted by atomic mass is 10.00. The average Bonchev–Trinajstić information content (AvgIpc) is 3.71. The molecule has 10 heteroatoms. The van der Waals surface area contributed by atoms with Crippen LogP contribution in [0, 0.1) is 0 Å². The van der Waals surface area contributed by atoms with Crippen molar-refractivity contribution in [2.24, 2.45) is 9.98 Å². The van der Waals surface area contributed by atoms with Gasteiger partial charge in [-0.2, -0.15) is 0 Å². The van der Waals surface area contributed by atoms with E-state index in [-0.39, 0.29) is 5.91 Å². The fourth-order valence-electron chi connectivity index (χ4n) is 3.09. The molecule has 1 unspecified atom stereocenters. The highest BCUT2D eigenvalue weighted by molar-refractivity contribution is 8.01. The molecule has 2 N–H and O–H groups in total. The van der Waals surface area contributed by atoms with Gasteiger partial charge < -0.3 is 14.8 Å². The van der Waals surface area contributed by atoms with E-state index in [0.717, 1.165) is 5.56 Å². The maximum atomic E-state index is 13.1. The Balaban J connectivity index is 1.60. The van der Waals surface area contributed by atoms with E-state index < -0.39 is 5.92 Å². The minimum Gasteiger partial charge on any atom is -0.477 e. The summed E-state index contributed by atoms with van der Waals surface area (Å²) < 4.78 is 13.7. The van der Waals surface area contributed by atoms with E-state index in [1.54, 1.807) is 37.5 Å². The van der Waals surface area contributed by atoms with Gasteiger partial charge in [0, 0.05) is 43.5 Å². The lowest BCUT2D eigenvalue weighted by molar-refractivity contribution is -0.118. The maximum absolute atomic E-state index is 13.1. The molecule has 186 valence electrons. The van der Waals surface area contributed by atoms with Crippen molar-refractivity contribution in [3.05, 3.63) is 59.9 Å². The van der Waals surface area contributed by atoms with Crippen LogP contribution in [0.5, 0.6) is 0 Å². The highest BCUT2D eigenvalue weighted by Gasteiger charge is 2.24. The summed E-state index contributed by atoms with van der Waals surface area (Å²) in [6.07, 6.45) is 8.54. The molecule has 1 saturated carbocycles. The highest BCUT2D eigenvalue weighted by Crippen LogP contribution is 2.34. The van der Waals surface area contributed by atoms with Gasteiger partial charge in [-0.3, -0.25) is 14.5 Å². The largest absolute Gasteiger partial charge is 0.477 e. The van der Waals surface area contributed by atoms with Gasteiger partial charge >= 0.3 is 0 Å². The lowest BCUT2D eigenvalue weighted by Crippen LogP contribution is -2.23. The molecule has 1 fully saturated rings. The van der Waals surface area contributed by atoms with E-state index in [0.29, 0.717) is 54.5 Å². The third kappa shape index (κ3) is 9.14. The Morgan fingerprint density at radius 3 is 2.80 bits per heavy atom. The van der Waals surface area contributed by atoms with E-state index in [1.165, 1.54) is 19.0 Å². The van der Waals surface area contributed by atoms with Crippen molar-refractivity contribution in [1.29, 1.82) is 0 Å². The molecule has 0 spiro atoms. The predicted octanol–water partition coefficient (Wildman–Crippen LogP) is 4.61. The van der Waals surface area contributed by atoms with E-state index >= 15 is 0 Å². The first-order valence-corrected chi connectivity index (χ1v) is 12.5. The van der Waals surface area contributed by atoms with Gasteiger partial charge in [-0.15, -0.1) is 0 Å². The average molecular weight is 497 g/mol. The van der Waals surface area contributed by atoms with Crippen molar-refractivity contribution in [3.8, 4) is 0 Å². The predicted molar refractivity (Wildman–Crippen MR) is 142 cm³/mol. The van der Waals surface area contributed by atoms with Crippen LogP contribution >= 0.6 is 11.9 Å². The van der Waals surface area contributed by atoms with E-state index in [4.69, 9.17) is 9.47 Å². The molecule has 1 heterocycles. The number of ether oxygens (including phenoxy) is 2. The Kier molecular flexibility index (Phi) is 10.7. The van der Waals surface area contributed by atoms with Crippen molar-refractivity contribution in [2.45, 2.75) is 43.8 Å². The molecule has 1 aliphatic rings. The summed E-state index contributed by atoms with van der Waals surface area (Å²) in [5.41, 5.74) is 2.43. The van der Waals surface area contributed by atoms with Crippen LogP contribution in [0.2, 0.25) is 0 Å². The smallest absolute Gasteiger partial charge is 0.233 e. The van der Waals surface area contributed by atoms with Gasteiger partial charge in [0.1, 0.15) is 0 Å². The molecule has 0 aliphatic heterocycles. The first-order valence-electron chi connectivity index (χ1n) is 11.6. The van der Waals surface area contributed by atoms with Crippen LogP contribution in [0.15, 0.2) is 58.6 Å². The summed E-state index contributed by atoms with van der Waals surface area (Å²) in [6, 6.07) is 9.43. The number of benzene rings is 1. The summed E-state index contributed by atoms with van der Waals surface area (Å²) in [7, 11) is 1.62. The highest BCUT2D eigenvalue weighted by atomic mass is 32.2. The number of nitrogens with zero attached hydrogens (tertiary/aromatic N) is 4. The zero-order chi connectivity index (χ0) is 24.9. The summed E-state index contributed by atoms with van der Waals surface area (Å²) in [5, 5.41) is 3.62. The normalized spacial score (nSPS) is 14.5. The van der Waals surface area contributed by atoms with Gasteiger partial charge in [0.15, 0.2) is 0 Å². The molecule has 9 nitrogen and oxygen atoms in total. The Hall–Kier alpha value is -3.24. The number of carbonyl (C=O) groups is 1. The van der Waals surface area contributed by atoms with Crippen molar-refractivity contribution < 1.29 is 14.3 Å². The standard InChI is InChI=1S/C25H32N6O3S/c1-4-34-23(26-2)17-27-14-11-18-5-7-19(8-6-18)29-24(32)21(13-16-33-3)22-12-15-28-25(30-22)31-35-20-9-10-20/h5-8,12,14-15,17,20-21H,2,4,9-11,13,16H2,1,3H3,(H,29,32)(H,28,30,31)/b23-17+,27-14-. The molecule has 2 aromatic rings. The molecular formula is C25H32N6O3S. The van der Waals surface area contributed by atoms with Crippen LogP contribution in [0.25, 0.3) is 0 Å². The molecule has 1 aromatic carbocycles. The number of nitrogens with one attached hydrogen (secondary N) is 2. The lowest BCUT2D eigenvalue weighted by Gasteiger charge is -2.17. The zero-order valence-electron chi connectivity index (χ0n) is 20.1. The molecule has 0 saturated heterocycles. The minimum absolute atomic E-state index is 0.138. The molecular weight excluding hydrogens is 464 g/mol. The number of amides is 1. The topological polar surface area (TPSA) is 110 Å². The Bertz CT molecular complexity index is 1020. The third-order valence-corrected chi connectivity index (χ3v) is 6.19. The molecule has 1 atom stereocenters. The molecule has 1 aromatic heterocycles. The van der Waals surface area contributed by atoms with Crippen LogP contribution in [0.1, 0.15) is 43.4 Å². The Labute approximate surface area is 210 Å². The van der Waals surface area contributed by atoms with E-state index in [2.05, 4.69) is 36.7 Å². The van der Waals surface area contributed by atoms with Gasteiger partial charge in [0.05, 0.1) is 24.4 Å². The summed E-state index contributed by atoms with van der Waals surface area (Å²) in [5.74, 6) is 0.313. The van der Waals surface area contributed by atoms with Gasteiger partial charge in [0.25, 0.3) is 0 Å². The van der Waals surface area contributed by atoms with Crippen LogP contribution in [0.4, 0.5) is 11.6 Å². The third-order valence-electron chi connectivity index (χ3n) is 5.09. The number of hydrogen-bond acceptors (Lipinski definition) is 9. The number of hydrogen-bond donors (Lipinski definition) is 2. The molecule has 3 rings (SSSR count). The summed E-state index contributed by atoms with van der Waals surface area (Å²) >= 11 is 1.63. The molecule has 0 bridgehead atoms. The summed E-state index contributed by atoms with van der Waals surface area (Å²) in [6.45, 7) is 6.28. The zero-order valence-corrected chi connectivity index (χ0v) is 21.0. The van der Waals surface area contributed by atoms with Crippen LogP contribution in [-0.4, -0.2) is 54.4 Å².